The first kappa shape index (κ1) is 17.0. The van der Waals surface area contributed by atoms with Crippen molar-refractivity contribution in [1.29, 1.82) is 0 Å². The minimum Gasteiger partial charge on any atom is -0.267 e. The lowest BCUT2D eigenvalue weighted by Gasteiger charge is -2.02. The molecule has 0 bridgehead atoms. The molecule has 26 heavy (non-hydrogen) atoms. The summed E-state index contributed by atoms with van der Waals surface area (Å²) in [5.41, 5.74) is 5.43. The largest absolute Gasteiger partial charge is 0.271 e. The molecule has 0 aliphatic heterocycles. The third kappa shape index (κ3) is 4.18. The molecule has 128 valence electrons. The Morgan fingerprint density at radius 1 is 0.923 bits per heavy atom. The summed E-state index contributed by atoms with van der Waals surface area (Å²) >= 11 is 0. The van der Waals surface area contributed by atoms with E-state index in [1.807, 2.05) is 54.6 Å². The number of carbonyl (C=O) groups is 1. The van der Waals surface area contributed by atoms with E-state index in [0.29, 0.717) is 0 Å². The minimum atomic E-state index is -0.547. The predicted octanol–water partition coefficient (Wildman–Crippen LogP) is 4.03. The third-order valence-corrected chi connectivity index (χ3v) is 3.72. The summed E-state index contributed by atoms with van der Waals surface area (Å²) in [6.07, 6.45) is 1.52. The predicted molar refractivity (Wildman–Crippen MR) is 100 cm³/mol. The summed E-state index contributed by atoms with van der Waals surface area (Å²) in [6.45, 7) is 0. The lowest BCUT2D eigenvalue weighted by atomic mass is 10.0. The second-order valence-corrected chi connectivity index (χ2v) is 5.49. The van der Waals surface area contributed by atoms with Crippen molar-refractivity contribution in [1.82, 2.24) is 5.43 Å². The van der Waals surface area contributed by atoms with E-state index in [-0.39, 0.29) is 11.3 Å². The van der Waals surface area contributed by atoms with Crippen molar-refractivity contribution in [3.05, 3.63) is 100 Å². The van der Waals surface area contributed by atoms with Gasteiger partial charge < -0.3 is 0 Å². The summed E-state index contributed by atoms with van der Waals surface area (Å²) < 4.78 is 0. The molecule has 0 spiro atoms. The van der Waals surface area contributed by atoms with Crippen LogP contribution in [0.5, 0.6) is 0 Å². The van der Waals surface area contributed by atoms with Crippen LogP contribution in [0.15, 0.2) is 84.0 Å². The topological polar surface area (TPSA) is 84.6 Å². The van der Waals surface area contributed by atoms with E-state index in [2.05, 4.69) is 10.5 Å². The summed E-state index contributed by atoms with van der Waals surface area (Å²) in [5, 5.41) is 14.6. The molecule has 0 atom stereocenters. The molecule has 3 rings (SSSR count). The molecule has 6 nitrogen and oxygen atoms in total. The van der Waals surface area contributed by atoms with Crippen molar-refractivity contribution in [3.63, 3.8) is 0 Å². The highest BCUT2D eigenvalue weighted by molar-refractivity contribution is 5.95. The molecule has 3 aromatic rings. The van der Waals surface area contributed by atoms with Gasteiger partial charge in [0.05, 0.1) is 11.1 Å². The standard InChI is InChI=1S/C20H15N3O3/c24-20(18-7-4-8-19(13-18)23(25)26)22-21-14-15-9-11-17(12-10-15)16-5-2-1-3-6-16/h1-14H,(H,22,24). The number of amides is 1. The first-order chi connectivity index (χ1) is 12.6. The van der Waals surface area contributed by atoms with E-state index in [1.165, 1.54) is 30.5 Å². The van der Waals surface area contributed by atoms with E-state index >= 15 is 0 Å². The van der Waals surface area contributed by atoms with Gasteiger partial charge in [-0.05, 0) is 22.8 Å². The monoisotopic (exact) mass is 345 g/mol. The Morgan fingerprint density at radius 2 is 1.62 bits per heavy atom. The fraction of sp³-hybridized carbons (Fsp3) is 0. The molecule has 0 heterocycles. The van der Waals surface area contributed by atoms with Crippen molar-refractivity contribution >= 4 is 17.8 Å². The van der Waals surface area contributed by atoms with Crippen LogP contribution < -0.4 is 5.43 Å². The quantitative estimate of drug-likeness (QED) is 0.430. The molecule has 0 saturated carbocycles. The number of nitro groups is 1. The van der Waals surface area contributed by atoms with Gasteiger partial charge in [-0.3, -0.25) is 14.9 Å². The average molecular weight is 345 g/mol. The Kier molecular flexibility index (Phi) is 5.14. The van der Waals surface area contributed by atoms with Crippen molar-refractivity contribution in [2.24, 2.45) is 5.10 Å². The number of hydrazone groups is 1. The fourth-order valence-corrected chi connectivity index (χ4v) is 2.38. The first-order valence-corrected chi connectivity index (χ1v) is 7.87. The number of nitrogens with zero attached hydrogens (tertiary/aromatic N) is 2. The lowest BCUT2D eigenvalue weighted by Crippen LogP contribution is -2.17. The molecular formula is C20H15N3O3. The summed E-state index contributed by atoms with van der Waals surface area (Å²) in [7, 11) is 0. The molecule has 0 fully saturated rings. The molecule has 0 radical (unpaired) electrons. The van der Waals surface area contributed by atoms with Crippen molar-refractivity contribution in [2.75, 3.05) is 0 Å². The van der Waals surface area contributed by atoms with Crippen LogP contribution in [-0.2, 0) is 0 Å². The third-order valence-electron chi connectivity index (χ3n) is 3.72. The molecule has 6 heteroatoms. The second kappa shape index (κ2) is 7.85. The van der Waals surface area contributed by atoms with E-state index in [4.69, 9.17) is 0 Å². The van der Waals surface area contributed by atoms with Gasteiger partial charge in [-0.2, -0.15) is 5.10 Å². The van der Waals surface area contributed by atoms with Crippen LogP contribution in [-0.4, -0.2) is 17.0 Å². The van der Waals surface area contributed by atoms with Crippen LogP contribution in [0.25, 0.3) is 11.1 Å². The SMILES string of the molecule is O=C(NN=Cc1ccc(-c2ccccc2)cc1)c1cccc([N+](=O)[O-])c1. The van der Waals surface area contributed by atoms with Crippen LogP contribution in [0.3, 0.4) is 0 Å². The number of non-ortho nitro benzene ring substituents is 1. The average Bonchev–Trinajstić information content (AvgIpc) is 2.69. The number of rotatable bonds is 5. The molecule has 3 aromatic carbocycles. The molecule has 0 unspecified atom stereocenters. The number of hydrogen-bond acceptors (Lipinski definition) is 4. The van der Waals surface area contributed by atoms with Gasteiger partial charge in [0, 0.05) is 17.7 Å². The van der Waals surface area contributed by atoms with Gasteiger partial charge in [0.15, 0.2) is 0 Å². The van der Waals surface area contributed by atoms with Crippen LogP contribution in [0.4, 0.5) is 5.69 Å². The summed E-state index contributed by atoms with van der Waals surface area (Å²) in [5.74, 6) is -0.508. The van der Waals surface area contributed by atoms with Gasteiger partial charge in [0.25, 0.3) is 11.6 Å². The normalized spacial score (nSPS) is 10.6. The molecule has 0 aliphatic rings. The van der Waals surface area contributed by atoms with Gasteiger partial charge in [-0.25, -0.2) is 5.43 Å². The highest BCUT2D eigenvalue weighted by Crippen LogP contribution is 2.18. The smallest absolute Gasteiger partial charge is 0.267 e. The molecule has 0 aliphatic carbocycles. The Labute approximate surface area is 150 Å². The fourth-order valence-electron chi connectivity index (χ4n) is 2.38. The van der Waals surface area contributed by atoms with Crippen molar-refractivity contribution in [2.45, 2.75) is 0 Å². The molecule has 0 saturated heterocycles. The number of hydrogen-bond donors (Lipinski definition) is 1. The number of carbonyl (C=O) groups excluding carboxylic acids is 1. The van der Waals surface area contributed by atoms with E-state index < -0.39 is 10.8 Å². The Bertz CT molecular complexity index is 952. The summed E-state index contributed by atoms with van der Waals surface area (Å²) in [6, 6.07) is 23.2. The van der Waals surface area contributed by atoms with Crippen molar-refractivity contribution in [3.8, 4) is 11.1 Å². The molecule has 1 N–H and O–H groups in total. The van der Waals surface area contributed by atoms with Crippen LogP contribution in [0, 0.1) is 10.1 Å². The van der Waals surface area contributed by atoms with Crippen LogP contribution in [0.1, 0.15) is 15.9 Å². The van der Waals surface area contributed by atoms with E-state index in [0.717, 1.165) is 16.7 Å². The van der Waals surface area contributed by atoms with Gasteiger partial charge >= 0.3 is 0 Å². The Hall–Kier alpha value is -3.80. The van der Waals surface area contributed by atoms with Gasteiger partial charge in [0.1, 0.15) is 0 Å². The van der Waals surface area contributed by atoms with Crippen molar-refractivity contribution < 1.29 is 9.72 Å². The number of nitro benzene ring substituents is 1. The number of nitrogens with one attached hydrogen (secondary N) is 1. The first-order valence-electron chi connectivity index (χ1n) is 7.87. The van der Waals surface area contributed by atoms with Gasteiger partial charge in [-0.15, -0.1) is 0 Å². The van der Waals surface area contributed by atoms with Crippen LogP contribution in [0.2, 0.25) is 0 Å². The molecular weight excluding hydrogens is 330 g/mol. The lowest BCUT2D eigenvalue weighted by molar-refractivity contribution is -0.384. The molecule has 1 amide bonds. The maximum Gasteiger partial charge on any atom is 0.271 e. The van der Waals surface area contributed by atoms with E-state index in [9.17, 15) is 14.9 Å². The highest BCUT2D eigenvalue weighted by Gasteiger charge is 2.10. The zero-order valence-corrected chi connectivity index (χ0v) is 13.7. The molecule has 0 aromatic heterocycles. The van der Waals surface area contributed by atoms with Gasteiger partial charge in [-0.1, -0.05) is 60.7 Å². The van der Waals surface area contributed by atoms with Gasteiger partial charge in [0.2, 0.25) is 0 Å². The Morgan fingerprint density at radius 3 is 2.31 bits per heavy atom. The Balaban J connectivity index is 1.64. The minimum absolute atomic E-state index is 0.141. The van der Waals surface area contributed by atoms with Crippen LogP contribution >= 0.6 is 0 Å². The highest BCUT2D eigenvalue weighted by atomic mass is 16.6. The summed E-state index contributed by atoms with van der Waals surface area (Å²) in [4.78, 5) is 22.2. The number of benzene rings is 3. The second-order valence-electron chi connectivity index (χ2n) is 5.49. The van der Waals surface area contributed by atoms with E-state index in [1.54, 1.807) is 0 Å². The zero-order valence-electron chi connectivity index (χ0n) is 13.7. The maximum absolute atomic E-state index is 12.0. The maximum atomic E-state index is 12.0. The zero-order chi connectivity index (χ0) is 18.4.